The lowest BCUT2D eigenvalue weighted by Crippen LogP contribution is -2.42. The number of aromatic nitrogens is 1. The summed E-state index contributed by atoms with van der Waals surface area (Å²) in [5.41, 5.74) is 1.92. The summed E-state index contributed by atoms with van der Waals surface area (Å²) in [7, 11) is 3.70. The Bertz CT molecular complexity index is 680. The van der Waals surface area contributed by atoms with Gasteiger partial charge in [-0.2, -0.15) is 0 Å². The molecule has 122 valence electrons. The molecule has 1 saturated carbocycles. The zero-order valence-corrected chi connectivity index (χ0v) is 13.4. The van der Waals surface area contributed by atoms with E-state index in [1.165, 1.54) is 6.07 Å². The van der Waals surface area contributed by atoms with Crippen molar-refractivity contribution in [1.82, 2.24) is 15.4 Å². The van der Waals surface area contributed by atoms with E-state index in [-0.39, 0.29) is 11.2 Å². The van der Waals surface area contributed by atoms with E-state index in [0.717, 1.165) is 36.6 Å². The van der Waals surface area contributed by atoms with Gasteiger partial charge < -0.3 is 14.7 Å². The van der Waals surface area contributed by atoms with Crippen LogP contribution >= 0.6 is 0 Å². The van der Waals surface area contributed by atoms with E-state index >= 15 is 0 Å². The normalized spacial score (nSPS) is 16.2. The van der Waals surface area contributed by atoms with Crippen molar-refractivity contribution in [2.75, 3.05) is 20.6 Å². The Morgan fingerprint density at radius 3 is 2.87 bits per heavy atom. The second-order valence-electron chi connectivity index (χ2n) is 6.04. The lowest BCUT2D eigenvalue weighted by molar-refractivity contribution is 0.390. The molecule has 0 radical (unpaired) electrons. The molecule has 0 aliphatic heterocycles. The zero-order chi connectivity index (χ0) is 16.3. The molecule has 23 heavy (non-hydrogen) atoms. The number of nitrogens with zero attached hydrogens (tertiary/aromatic N) is 3. The van der Waals surface area contributed by atoms with Gasteiger partial charge in [0.2, 0.25) is 0 Å². The maximum atomic E-state index is 13.5. The minimum absolute atomic E-state index is 0.0206. The Balaban J connectivity index is 1.62. The first-order valence-electron chi connectivity index (χ1n) is 7.70. The number of guanidine groups is 1. The Morgan fingerprint density at radius 1 is 1.43 bits per heavy atom. The van der Waals surface area contributed by atoms with Crippen molar-refractivity contribution in [2.24, 2.45) is 4.99 Å². The number of benzene rings is 1. The minimum Gasteiger partial charge on any atom is -0.364 e. The number of aliphatic imine (C=N–C) groups is 1. The highest BCUT2D eigenvalue weighted by Gasteiger charge is 2.44. The molecule has 1 aliphatic carbocycles. The minimum atomic E-state index is -0.179. The molecule has 1 aromatic heterocycles. The fourth-order valence-corrected chi connectivity index (χ4v) is 2.81. The molecular formula is C17H21FN4O. The van der Waals surface area contributed by atoms with Crippen LogP contribution in [0.25, 0.3) is 0 Å². The van der Waals surface area contributed by atoms with Crippen molar-refractivity contribution < 1.29 is 8.91 Å². The molecule has 1 aromatic carbocycles. The zero-order valence-electron chi connectivity index (χ0n) is 13.4. The van der Waals surface area contributed by atoms with Crippen molar-refractivity contribution >= 4 is 5.96 Å². The summed E-state index contributed by atoms with van der Waals surface area (Å²) in [5.74, 6) is 0.608. The first-order chi connectivity index (χ1) is 11.1. The molecule has 2 aromatic rings. The van der Waals surface area contributed by atoms with Gasteiger partial charge in [-0.15, -0.1) is 0 Å². The standard InChI is InChI=1S/C17H21FN4O/c1-19-16(22(2)11-15-6-9-23-21-15)20-12-17(7-8-17)13-4-3-5-14(18)10-13/h3-6,9-10H,7-8,11-12H2,1-2H3,(H,19,20). The lowest BCUT2D eigenvalue weighted by atomic mass is 9.96. The summed E-state index contributed by atoms with van der Waals surface area (Å²) >= 11 is 0. The van der Waals surface area contributed by atoms with Crippen LogP contribution in [0.15, 0.2) is 46.1 Å². The highest BCUT2D eigenvalue weighted by atomic mass is 19.1. The monoisotopic (exact) mass is 316 g/mol. The summed E-state index contributed by atoms with van der Waals surface area (Å²) < 4.78 is 18.3. The largest absolute Gasteiger partial charge is 0.364 e. The van der Waals surface area contributed by atoms with Gasteiger partial charge in [0.05, 0.1) is 6.54 Å². The summed E-state index contributed by atoms with van der Waals surface area (Å²) in [5, 5.41) is 7.31. The molecule has 0 atom stereocenters. The first-order valence-corrected chi connectivity index (χ1v) is 7.70. The molecule has 1 fully saturated rings. The molecule has 5 nitrogen and oxygen atoms in total. The molecule has 0 saturated heterocycles. The van der Waals surface area contributed by atoms with Gasteiger partial charge in [-0.3, -0.25) is 4.99 Å². The quantitative estimate of drug-likeness (QED) is 0.680. The Morgan fingerprint density at radius 2 is 2.26 bits per heavy atom. The van der Waals surface area contributed by atoms with E-state index in [0.29, 0.717) is 6.54 Å². The van der Waals surface area contributed by atoms with Crippen LogP contribution in [-0.2, 0) is 12.0 Å². The van der Waals surface area contributed by atoms with Crippen molar-refractivity contribution in [3.63, 3.8) is 0 Å². The molecule has 0 amide bonds. The van der Waals surface area contributed by atoms with E-state index < -0.39 is 0 Å². The maximum Gasteiger partial charge on any atom is 0.193 e. The molecule has 1 aliphatic rings. The number of nitrogens with one attached hydrogen (secondary N) is 1. The number of hydrogen-bond acceptors (Lipinski definition) is 3. The number of hydrogen-bond donors (Lipinski definition) is 1. The summed E-state index contributed by atoms with van der Waals surface area (Å²) in [6, 6.07) is 8.73. The molecule has 0 bridgehead atoms. The summed E-state index contributed by atoms with van der Waals surface area (Å²) in [6.45, 7) is 1.36. The van der Waals surface area contributed by atoms with Gasteiger partial charge in [-0.25, -0.2) is 4.39 Å². The van der Waals surface area contributed by atoms with Gasteiger partial charge in [0.15, 0.2) is 5.96 Å². The van der Waals surface area contributed by atoms with E-state index in [1.54, 1.807) is 25.4 Å². The Hall–Kier alpha value is -2.37. The van der Waals surface area contributed by atoms with Crippen LogP contribution in [0.5, 0.6) is 0 Å². The van der Waals surface area contributed by atoms with Crippen molar-refractivity contribution in [3.05, 3.63) is 53.7 Å². The molecule has 0 unspecified atom stereocenters. The first kappa shape index (κ1) is 15.5. The third-order valence-electron chi connectivity index (χ3n) is 4.34. The molecule has 3 rings (SSSR count). The second-order valence-corrected chi connectivity index (χ2v) is 6.04. The molecule has 1 N–H and O–H groups in total. The molecule has 1 heterocycles. The Kier molecular flexibility index (Phi) is 4.32. The van der Waals surface area contributed by atoms with Crippen LogP contribution in [-0.4, -0.2) is 36.7 Å². The van der Waals surface area contributed by atoms with Gasteiger partial charge in [0.25, 0.3) is 0 Å². The average molecular weight is 316 g/mol. The van der Waals surface area contributed by atoms with Crippen LogP contribution in [0, 0.1) is 5.82 Å². The maximum absolute atomic E-state index is 13.5. The van der Waals surface area contributed by atoms with Gasteiger partial charge in [0, 0.05) is 32.1 Å². The summed E-state index contributed by atoms with van der Waals surface area (Å²) in [6.07, 6.45) is 3.68. The van der Waals surface area contributed by atoms with Crippen molar-refractivity contribution in [3.8, 4) is 0 Å². The highest BCUT2D eigenvalue weighted by Crippen LogP contribution is 2.47. The fraction of sp³-hybridized carbons (Fsp3) is 0.412. The van der Waals surface area contributed by atoms with Crippen LogP contribution in [0.3, 0.4) is 0 Å². The van der Waals surface area contributed by atoms with Crippen LogP contribution < -0.4 is 5.32 Å². The van der Waals surface area contributed by atoms with E-state index in [1.807, 2.05) is 24.1 Å². The second kappa shape index (κ2) is 6.40. The fourth-order valence-electron chi connectivity index (χ4n) is 2.81. The van der Waals surface area contributed by atoms with E-state index in [9.17, 15) is 4.39 Å². The molecular weight excluding hydrogens is 295 g/mol. The van der Waals surface area contributed by atoms with Crippen LogP contribution in [0.4, 0.5) is 4.39 Å². The lowest BCUT2D eigenvalue weighted by Gasteiger charge is -2.24. The Labute approximate surface area is 135 Å². The predicted octanol–water partition coefficient (Wildman–Crippen LogP) is 2.55. The topological polar surface area (TPSA) is 53.7 Å². The third kappa shape index (κ3) is 3.52. The third-order valence-corrected chi connectivity index (χ3v) is 4.34. The average Bonchev–Trinajstić information content (AvgIpc) is 3.16. The molecule has 0 spiro atoms. The number of rotatable bonds is 5. The van der Waals surface area contributed by atoms with E-state index in [2.05, 4.69) is 15.5 Å². The van der Waals surface area contributed by atoms with Crippen LogP contribution in [0.1, 0.15) is 24.1 Å². The molecule has 6 heteroatoms. The SMILES string of the molecule is CN=C(NCC1(c2cccc(F)c2)CC1)N(C)Cc1ccon1. The number of halogens is 1. The summed E-state index contributed by atoms with van der Waals surface area (Å²) in [4.78, 5) is 6.30. The van der Waals surface area contributed by atoms with Gasteiger partial charge >= 0.3 is 0 Å². The van der Waals surface area contributed by atoms with Crippen molar-refractivity contribution in [2.45, 2.75) is 24.8 Å². The van der Waals surface area contributed by atoms with Crippen LogP contribution in [0.2, 0.25) is 0 Å². The van der Waals surface area contributed by atoms with Gasteiger partial charge in [-0.05, 0) is 30.5 Å². The predicted molar refractivity (Wildman–Crippen MR) is 86.6 cm³/mol. The smallest absolute Gasteiger partial charge is 0.193 e. The van der Waals surface area contributed by atoms with Gasteiger partial charge in [-0.1, -0.05) is 17.3 Å². The highest BCUT2D eigenvalue weighted by molar-refractivity contribution is 5.79. The van der Waals surface area contributed by atoms with E-state index in [4.69, 9.17) is 4.52 Å². The van der Waals surface area contributed by atoms with Gasteiger partial charge in [0.1, 0.15) is 17.8 Å². The van der Waals surface area contributed by atoms with Crippen molar-refractivity contribution in [1.29, 1.82) is 0 Å².